The average Bonchev–Trinajstić information content (AvgIpc) is 3.27. The number of hydrogen-bond acceptors (Lipinski definition) is 1. The molecule has 27 heteroatoms. The fraction of sp³-hybridized carbons (Fsp3) is 0.208. The molecule has 0 aromatic heterocycles. The summed E-state index contributed by atoms with van der Waals surface area (Å²) >= 11 is 0. The lowest BCUT2D eigenvalue weighted by Gasteiger charge is -2.46. The summed E-state index contributed by atoms with van der Waals surface area (Å²) in [6.07, 6.45) is -53.1. The van der Waals surface area contributed by atoms with Gasteiger partial charge >= 0.3 is 49.4 Å². The molecule has 0 saturated carbocycles. The molecule has 0 aliphatic rings. The van der Waals surface area contributed by atoms with E-state index in [0.717, 1.165) is 11.1 Å². The van der Waals surface area contributed by atoms with Gasteiger partial charge < -0.3 is 0 Å². The molecule has 0 saturated heterocycles. The van der Waals surface area contributed by atoms with Gasteiger partial charge in [-0.2, -0.15) is 127 Å². The summed E-state index contributed by atoms with van der Waals surface area (Å²) in [6, 6.07) is 10.7. The van der Waals surface area contributed by atoms with Gasteiger partial charge in [-0.15, -0.1) is 0 Å². The van der Waals surface area contributed by atoms with Crippen LogP contribution in [0.1, 0.15) is 55.6 Å². The van der Waals surface area contributed by atoms with Crippen LogP contribution in [0.3, 0.4) is 0 Å². The number of benzene rings is 6. The normalized spacial score (nSPS) is 14.0. The second-order valence-electron chi connectivity index (χ2n) is 16.5. The molecular weight excluding hydrogens is 1090 g/mol. The summed E-state index contributed by atoms with van der Waals surface area (Å²) in [7, 11) is -2.14. The Morgan fingerprint density at radius 2 is 0.560 bits per heavy atom. The summed E-state index contributed by atoms with van der Waals surface area (Å²) in [5.41, 5.74) is -28.2. The van der Waals surface area contributed by atoms with E-state index in [0.29, 0.717) is 5.75 Å². The smallest absolute Gasteiger partial charge is 0.194 e. The highest BCUT2D eigenvalue weighted by atomic mass is 32.2. The van der Waals surface area contributed by atoms with Gasteiger partial charge in [-0.25, -0.2) is 0 Å². The summed E-state index contributed by atoms with van der Waals surface area (Å²) in [6.45, 7) is 0. The monoisotopic (exact) mass is 1120 g/mol. The summed E-state index contributed by atoms with van der Waals surface area (Å²) < 4.78 is 353. The van der Waals surface area contributed by atoms with E-state index in [2.05, 4.69) is 11.2 Å². The molecule has 1 atom stereocenters. The van der Waals surface area contributed by atoms with Crippen molar-refractivity contribution >= 4 is 37.9 Å². The standard InChI is InChI=1S/C32H12BF24.C16H15OS/c34-25(35,36)13-1-14(26(37,38)39)6-21(5-13)33(22-7-15(27(40,41)42)2-16(8-22)28(43,44)45,23-9-17(29(46,47)48)3-18(10-23)30(49,50)51)24-11-19(31(52,53)54)4-20(12-24)32(55,56)57;1-18(17,14-16-10-6-3-7-11-16)13-12-15-8-4-2-5-9-15/h1-12H;2-11H,14H2,1H3/q-1;+1. The zero-order valence-electron chi connectivity index (χ0n) is 36.9. The van der Waals surface area contributed by atoms with E-state index in [1.54, 1.807) is 6.26 Å². The van der Waals surface area contributed by atoms with Crippen molar-refractivity contribution in [3.8, 4) is 11.2 Å². The van der Waals surface area contributed by atoms with Crippen molar-refractivity contribution in [2.45, 2.75) is 55.2 Å². The Balaban J connectivity index is 0.000000483. The topological polar surface area (TPSA) is 17.1 Å². The predicted molar refractivity (Wildman–Crippen MR) is 228 cm³/mol. The average molecular weight is 1120 g/mol. The number of alkyl halides is 24. The Morgan fingerprint density at radius 1 is 0.347 bits per heavy atom. The lowest BCUT2D eigenvalue weighted by Crippen LogP contribution is -2.75. The van der Waals surface area contributed by atoms with E-state index in [1.165, 1.54) is 0 Å². The Kier molecular flexibility index (Phi) is 16.2. The van der Waals surface area contributed by atoms with Crippen LogP contribution in [0.5, 0.6) is 0 Å². The molecule has 1 nitrogen and oxygen atoms in total. The minimum atomic E-state index is -6.13. The van der Waals surface area contributed by atoms with E-state index in [4.69, 9.17) is 0 Å². The number of hydrogen-bond donors (Lipinski definition) is 0. The van der Waals surface area contributed by atoms with Crippen LogP contribution in [0.2, 0.25) is 0 Å². The van der Waals surface area contributed by atoms with Crippen molar-refractivity contribution in [3.05, 3.63) is 189 Å². The quantitative estimate of drug-likeness (QED) is 0.0703. The van der Waals surface area contributed by atoms with Crippen LogP contribution in [-0.4, -0.2) is 12.4 Å². The molecule has 0 radical (unpaired) electrons. The zero-order chi connectivity index (χ0) is 56.8. The molecule has 0 aliphatic heterocycles. The minimum Gasteiger partial charge on any atom is -0.194 e. The second-order valence-corrected chi connectivity index (χ2v) is 19.0. The number of rotatable bonds is 6. The lowest BCUT2D eigenvalue weighted by atomic mass is 9.12. The van der Waals surface area contributed by atoms with Gasteiger partial charge in [0.2, 0.25) is 0 Å². The van der Waals surface area contributed by atoms with Gasteiger partial charge in [-0.05, 0) is 42.3 Å². The molecule has 0 bridgehead atoms. The van der Waals surface area contributed by atoms with Gasteiger partial charge in [0.25, 0.3) is 0 Å². The third kappa shape index (κ3) is 14.6. The Hall–Kier alpha value is -6.59. The molecule has 0 fully saturated rings. The molecule has 6 aromatic carbocycles. The van der Waals surface area contributed by atoms with Gasteiger partial charge in [0.15, 0.2) is 15.2 Å². The van der Waals surface area contributed by atoms with Crippen LogP contribution in [0, 0.1) is 11.2 Å². The van der Waals surface area contributed by atoms with Crippen LogP contribution >= 0.6 is 0 Å². The van der Waals surface area contributed by atoms with Gasteiger partial charge in [0, 0.05) is 11.1 Å². The molecule has 0 N–H and O–H groups in total. The zero-order valence-corrected chi connectivity index (χ0v) is 37.7. The van der Waals surface area contributed by atoms with Crippen molar-refractivity contribution in [1.82, 2.24) is 0 Å². The van der Waals surface area contributed by atoms with Crippen LogP contribution in [0.25, 0.3) is 0 Å². The summed E-state index contributed by atoms with van der Waals surface area (Å²) in [4.78, 5) is 0. The highest BCUT2D eigenvalue weighted by Gasteiger charge is 2.47. The van der Waals surface area contributed by atoms with Crippen LogP contribution in [0.15, 0.2) is 133 Å². The first-order valence-electron chi connectivity index (χ1n) is 20.4. The van der Waals surface area contributed by atoms with E-state index in [1.807, 2.05) is 60.7 Å². The highest BCUT2D eigenvalue weighted by molar-refractivity contribution is 8.05. The first-order valence-corrected chi connectivity index (χ1v) is 22.5. The first kappa shape index (κ1) is 59.3. The van der Waals surface area contributed by atoms with Crippen molar-refractivity contribution in [2.24, 2.45) is 0 Å². The SMILES string of the molecule is C[S+](=O)(C#Cc1ccccc1)Cc1ccccc1.FC(F)(F)c1cc([B-](c2cc(C(F)(F)F)cc(C(F)(F)F)c2)(c2cc(C(F)(F)F)cc(C(F)(F)F)c2)c2cc(C(F)(F)F)cc(C(F)(F)F)c2)cc(C(F)(F)F)c1. The Morgan fingerprint density at radius 3 is 0.773 bits per heavy atom. The molecular formula is C48H27BF24OS. The maximum absolute atomic E-state index is 14.2. The molecule has 75 heavy (non-hydrogen) atoms. The number of halogens is 24. The van der Waals surface area contributed by atoms with Crippen LogP contribution < -0.4 is 21.9 Å². The lowest BCUT2D eigenvalue weighted by molar-refractivity contribution is -0.144. The van der Waals surface area contributed by atoms with Gasteiger partial charge in [-0.3, -0.25) is 0 Å². The highest BCUT2D eigenvalue weighted by Crippen LogP contribution is 2.41. The van der Waals surface area contributed by atoms with Crippen molar-refractivity contribution in [2.75, 3.05) is 6.26 Å². The molecule has 6 rings (SSSR count). The maximum atomic E-state index is 14.2. The minimum absolute atomic E-state index is 0.508. The summed E-state index contributed by atoms with van der Waals surface area (Å²) in [5.74, 6) is 3.49. The van der Waals surface area contributed by atoms with E-state index < -0.39 is 205 Å². The van der Waals surface area contributed by atoms with Gasteiger partial charge in [0.05, 0.1) is 44.5 Å². The molecule has 0 amide bonds. The van der Waals surface area contributed by atoms with Crippen molar-refractivity contribution < 1.29 is 110 Å². The van der Waals surface area contributed by atoms with E-state index in [-0.39, 0.29) is 0 Å². The third-order valence-corrected chi connectivity index (χ3v) is 12.3. The molecule has 0 aliphatic carbocycles. The van der Waals surface area contributed by atoms with Crippen LogP contribution in [-0.2, 0) is 69.3 Å². The van der Waals surface area contributed by atoms with E-state index >= 15 is 0 Å². The predicted octanol–water partition coefficient (Wildman–Crippen LogP) is 14.5. The molecule has 0 heterocycles. The molecule has 0 spiro atoms. The first-order chi connectivity index (χ1) is 33.9. The van der Waals surface area contributed by atoms with E-state index in [9.17, 15) is 110 Å². The molecule has 6 aromatic rings. The van der Waals surface area contributed by atoms with Gasteiger partial charge in [-0.1, -0.05) is 101 Å². The third-order valence-electron chi connectivity index (χ3n) is 10.9. The maximum Gasteiger partial charge on any atom is 0.416 e. The van der Waals surface area contributed by atoms with Gasteiger partial charge in [0.1, 0.15) is 18.2 Å². The Labute approximate surface area is 408 Å². The Bertz CT molecular complexity index is 2670. The van der Waals surface area contributed by atoms with Crippen molar-refractivity contribution in [1.29, 1.82) is 0 Å². The van der Waals surface area contributed by atoms with Crippen molar-refractivity contribution in [3.63, 3.8) is 0 Å². The fourth-order valence-electron chi connectivity index (χ4n) is 7.69. The second kappa shape index (κ2) is 20.5. The largest absolute Gasteiger partial charge is 0.416 e. The molecule has 1 unspecified atom stereocenters. The summed E-state index contributed by atoms with van der Waals surface area (Å²) in [5, 5.41) is 2.90. The van der Waals surface area contributed by atoms with Crippen LogP contribution in [0.4, 0.5) is 105 Å². The molecule has 402 valence electrons. The fourth-order valence-corrected chi connectivity index (χ4v) is 8.92.